The molecule has 1 aromatic heterocycles. The Labute approximate surface area is 230 Å². The number of nitrogens with zero attached hydrogens (tertiary/aromatic N) is 1. The van der Waals surface area contributed by atoms with Crippen LogP contribution in [0.4, 0.5) is 0 Å². The average Bonchev–Trinajstić information content (AvgIpc) is 3.37. The van der Waals surface area contributed by atoms with Crippen molar-refractivity contribution in [2.45, 2.75) is 38.9 Å². The molecule has 0 spiro atoms. The summed E-state index contributed by atoms with van der Waals surface area (Å²) in [5.74, 6) is -2.37. The van der Waals surface area contributed by atoms with Gasteiger partial charge in [0.15, 0.2) is 17.3 Å². The molecule has 4 rings (SSSR count). The standard InChI is InChI=1S/C29H31NO10/c1-13-26(33)24-15(11-30-13)12-40-29(24)19-7-16(14(2)31)27(34)25(28(19)35)18(9-23(32)39-6)17-8-21(37-4)22(38-5)10-20(17)36-3/h7-8,10-11,18,29,33-35H,9,12H2,1-6H3/t18-,29+/m0/s1. The molecule has 0 saturated heterocycles. The maximum Gasteiger partial charge on any atom is 0.306 e. The van der Waals surface area contributed by atoms with E-state index in [0.717, 1.165) is 0 Å². The Morgan fingerprint density at radius 2 is 1.62 bits per heavy atom. The predicted molar refractivity (Wildman–Crippen MR) is 142 cm³/mol. The Morgan fingerprint density at radius 3 is 2.23 bits per heavy atom. The predicted octanol–water partition coefficient (Wildman–Crippen LogP) is 4.05. The zero-order chi connectivity index (χ0) is 29.3. The number of aromatic nitrogens is 1. The number of hydrogen-bond acceptors (Lipinski definition) is 11. The zero-order valence-electron chi connectivity index (χ0n) is 23.0. The molecule has 11 nitrogen and oxygen atoms in total. The van der Waals surface area contributed by atoms with Crippen molar-refractivity contribution >= 4 is 11.8 Å². The fraction of sp³-hybridized carbons (Fsp3) is 0.345. The molecule has 0 saturated carbocycles. The van der Waals surface area contributed by atoms with E-state index in [1.165, 1.54) is 41.4 Å². The van der Waals surface area contributed by atoms with Crippen LogP contribution >= 0.6 is 0 Å². The van der Waals surface area contributed by atoms with Gasteiger partial charge in [-0.2, -0.15) is 0 Å². The Hall–Kier alpha value is -4.51. The normalized spacial score (nSPS) is 14.8. The molecule has 1 aliphatic rings. The number of benzene rings is 2. The molecule has 0 amide bonds. The maximum absolute atomic E-state index is 12.7. The summed E-state index contributed by atoms with van der Waals surface area (Å²) in [5, 5.41) is 33.9. The van der Waals surface area contributed by atoms with Gasteiger partial charge in [0.1, 0.15) is 29.1 Å². The van der Waals surface area contributed by atoms with Crippen molar-refractivity contribution in [1.82, 2.24) is 4.98 Å². The second-order valence-electron chi connectivity index (χ2n) is 9.28. The van der Waals surface area contributed by atoms with E-state index in [9.17, 15) is 24.9 Å². The van der Waals surface area contributed by atoms with Crippen molar-refractivity contribution in [3.63, 3.8) is 0 Å². The largest absolute Gasteiger partial charge is 0.507 e. The fourth-order valence-corrected chi connectivity index (χ4v) is 5.01. The first kappa shape index (κ1) is 28.5. The van der Waals surface area contributed by atoms with Gasteiger partial charge in [-0.05, 0) is 26.0 Å². The highest BCUT2D eigenvalue weighted by Gasteiger charge is 2.37. The van der Waals surface area contributed by atoms with Crippen molar-refractivity contribution in [2.75, 3.05) is 28.4 Å². The third-order valence-electron chi connectivity index (χ3n) is 7.08. The number of pyridine rings is 1. The van der Waals surface area contributed by atoms with Crippen molar-refractivity contribution in [3.8, 4) is 34.5 Å². The van der Waals surface area contributed by atoms with E-state index in [0.29, 0.717) is 33.9 Å². The van der Waals surface area contributed by atoms with Gasteiger partial charge in [0.25, 0.3) is 0 Å². The summed E-state index contributed by atoms with van der Waals surface area (Å²) in [4.78, 5) is 29.5. The molecule has 0 aliphatic carbocycles. The quantitative estimate of drug-likeness (QED) is 0.260. The molecule has 40 heavy (non-hydrogen) atoms. The molecule has 11 heteroatoms. The molecule has 0 radical (unpaired) electrons. The number of hydrogen-bond donors (Lipinski definition) is 3. The van der Waals surface area contributed by atoms with Crippen molar-refractivity contribution < 1.29 is 48.6 Å². The maximum atomic E-state index is 12.7. The lowest BCUT2D eigenvalue weighted by atomic mass is 9.82. The molecule has 2 aromatic carbocycles. The smallest absolute Gasteiger partial charge is 0.306 e. The van der Waals surface area contributed by atoms with E-state index in [4.69, 9.17) is 23.7 Å². The summed E-state index contributed by atoms with van der Waals surface area (Å²) in [6.45, 7) is 2.99. The zero-order valence-corrected chi connectivity index (χ0v) is 23.0. The van der Waals surface area contributed by atoms with Crippen LogP contribution in [0.15, 0.2) is 24.4 Å². The minimum atomic E-state index is -1.08. The van der Waals surface area contributed by atoms with Crippen LogP contribution in [0.3, 0.4) is 0 Å². The van der Waals surface area contributed by atoms with Gasteiger partial charge in [0.2, 0.25) is 0 Å². The number of esters is 1. The molecule has 2 heterocycles. The highest BCUT2D eigenvalue weighted by molar-refractivity contribution is 5.98. The van der Waals surface area contributed by atoms with Crippen LogP contribution in [0.1, 0.15) is 69.2 Å². The van der Waals surface area contributed by atoms with E-state index in [-0.39, 0.29) is 41.2 Å². The van der Waals surface area contributed by atoms with Crippen LogP contribution in [0.2, 0.25) is 0 Å². The SMILES string of the molecule is COC(=O)C[C@@H](c1cc(OC)c(OC)cc1OC)c1c(O)c(C(C)=O)cc([C@H]2OCc3cnc(C)c(O)c32)c1O. The first-order chi connectivity index (χ1) is 19.1. The van der Waals surface area contributed by atoms with Crippen LogP contribution in [0, 0.1) is 6.92 Å². The minimum Gasteiger partial charge on any atom is -0.507 e. The average molecular weight is 554 g/mol. The summed E-state index contributed by atoms with van der Waals surface area (Å²) in [6, 6.07) is 4.44. The molecular formula is C29H31NO10. The number of ether oxygens (including phenoxy) is 5. The number of fused-ring (bicyclic) bond motifs is 1. The number of carbonyl (C=O) groups is 2. The van der Waals surface area contributed by atoms with Crippen molar-refractivity contribution in [2.24, 2.45) is 0 Å². The van der Waals surface area contributed by atoms with E-state index in [1.807, 2.05) is 0 Å². The lowest BCUT2D eigenvalue weighted by molar-refractivity contribution is -0.140. The Bertz CT molecular complexity index is 1480. The molecule has 0 bridgehead atoms. The van der Waals surface area contributed by atoms with E-state index >= 15 is 0 Å². The minimum absolute atomic E-state index is 0.0982. The Kier molecular flexibility index (Phi) is 8.06. The summed E-state index contributed by atoms with van der Waals surface area (Å²) in [5.41, 5.74) is 1.59. The van der Waals surface area contributed by atoms with E-state index in [2.05, 4.69) is 4.98 Å². The van der Waals surface area contributed by atoms with Crippen LogP contribution in [0.25, 0.3) is 0 Å². The summed E-state index contributed by atoms with van der Waals surface area (Å²) < 4.78 is 27.3. The van der Waals surface area contributed by atoms with Crippen LogP contribution in [0.5, 0.6) is 34.5 Å². The lowest BCUT2D eigenvalue weighted by Crippen LogP contribution is -2.14. The van der Waals surface area contributed by atoms with Crippen LogP contribution < -0.4 is 14.2 Å². The summed E-state index contributed by atoms with van der Waals surface area (Å²) >= 11 is 0. The number of Topliss-reactive ketones (excluding diaryl/α,β-unsaturated/α-hetero) is 1. The highest BCUT2D eigenvalue weighted by atomic mass is 16.5. The van der Waals surface area contributed by atoms with Crippen molar-refractivity contribution in [3.05, 3.63) is 63.5 Å². The van der Waals surface area contributed by atoms with Gasteiger partial charge in [-0.15, -0.1) is 0 Å². The van der Waals surface area contributed by atoms with Gasteiger partial charge in [-0.3, -0.25) is 14.6 Å². The summed E-state index contributed by atoms with van der Waals surface area (Å²) in [7, 11) is 5.52. The monoisotopic (exact) mass is 553 g/mol. The van der Waals surface area contributed by atoms with Gasteiger partial charge in [0.05, 0.1) is 52.7 Å². The van der Waals surface area contributed by atoms with Gasteiger partial charge in [0, 0.05) is 46.0 Å². The molecule has 0 fully saturated rings. The first-order valence-electron chi connectivity index (χ1n) is 12.3. The number of ketones is 1. The molecule has 1 aliphatic heterocycles. The van der Waals surface area contributed by atoms with Crippen molar-refractivity contribution in [1.29, 1.82) is 0 Å². The number of methoxy groups -OCH3 is 4. The Balaban J connectivity index is 2.05. The highest BCUT2D eigenvalue weighted by Crippen LogP contribution is 2.52. The number of carbonyl (C=O) groups excluding carboxylic acids is 2. The number of aromatic hydroxyl groups is 3. The number of phenols is 2. The third kappa shape index (κ3) is 4.84. The molecule has 212 valence electrons. The molecule has 3 N–H and O–H groups in total. The van der Waals surface area contributed by atoms with E-state index in [1.54, 1.807) is 25.3 Å². The lowest BCUT2D eigenvalue weighted by Gasteiger charge is -2.26. The van der Waals surface area contributed by atoms with E-state index < -0.39 is 35.3 Å². The second-order valence-corrected chi connectivity index (χ2v) is 9.28. The number of phenolic OH excluding ortho intramolecular Hbond substituents is 2. The van der Waals surface area contributed by atoms with Crippen LogP contribution in [-0.2, 0) is 20.9 Å². The van der Waals surface area contributed by atoms with Gasteiger partial charge in [-0.25, -0.2) is 0 Å². The second kappa shape index (κ2) is 11.3. The number of aryl methyl sites for hydroxylation is 1. The first-order valence-corrected chi connectivity index (χ1v) is 12.3. The fourth-order valence-electron chi connectivity index (χ4n) is 5.01. The van der Waals surface area contributed by atoms with Crippen LogP contribution in [-0.4, -0.2) is 60.5 Å². The topological polar surface area (TPSA) is 154 Å². The van der Waals surface area contributed by atoms with Gasteiger partial charge in [-0.1, -0.05) is 0 Å². The van der Waals surface area contributed by atoms with Gasteiger partial charge < -0.3 is 39.0 Å². The molecule has 3 aromatic rings. The molecule has 0 unspecified atom stereocenters. The molecule has 2 atom stereocenters. The summed E-state index contributed by atoms with van der Waals surface area (Å²) in [6.07, 6.45) is 0.240. The number of rotatable bonds is 9. The van der Waals surface area contributed by atoms with Gasteiger partial charge >= 0.3 is 5.97 Å². The third-order valence-corrected chi connectivity index (χ3v) is 7.08. The molecular weight excluding hydrogens is 522 g/mol. The Morgan fingerprint density at radius 1 is 0.975 bits per heavy atom.